The molecule has 0 bridgehead atoms. The first-order chi connectivity index (χ1) is 17.1. The van der Waals surface area contributed by atoms with E-state index in [2.05, 4.69) is 14.7 Å². The summed E-state index contributed by atoms with van der Waals surface area (Å²) < 4.78 is 68.5. The molecule has 36 heavy (non-hydrogen) atoms. The van der Waals surface area contributed by atoms with Gasteiger partial charge in [-0.25, -0.2) is 13.4 Å². The van der Waals surface area contributed by atoms with Crippen molar-refractivity contribution in [3.63, 3.8) is 0 Å². The van der Waals surface area contributed by atoms with Crippen molar-refractivity contribution in [3.05, 3.63) is 88.2 Å². The van der Waals surface area contributed by atoms with Gasteiger partial charge in [0, 0.05) is 23.1 Å². The number of halogens is 3. The van der Waals surface area contributed by atoms with Crippen LogP contribution in [0.25, 0.3) is 33.3 Å². The second-order valence-corrected chi connectivity index (χ2v) is 10.2. The van der Waals surface area contributed by atoms with Crippen molar-refractivity contribution in [1.29, 1.82) is 0 Å². The van der Waals surface area contributed by atoms with Gasteiger partial charge in [-0.15, -0.1) is 0 Å². The molecule has 1 aliphatic heterocycles. The van der Waals surface area contributed by atoms with E-state index in [1.807, 2.05) is 24.3 Å². The van der Waals surface area contributed by atoms with Crippen LogP contribution in [0.1, 0.15) is 11.1 Å². The highest BCUT2D eigenvalue weighted by molar-refractivity contribution is 7.92. The lowest BCUT2D eigenvalue weighted by atomic mass is 10.0. The molecule has 5 aromatic rings. The summed E-state index contributed by atoms with van der Waals surface area (Å²) in [5.41, 5.74) is 1.82. The lowest BCUT2D eigenvalue weighted by Gasteiger charge is -2.19. The Balaban J connectivity index is 1.41. The minimum atomic E-state index is -4.68. The van der Waals surface area contributed by atoms with Crippen LogP contribution in [-0.4, -0.2) is 23.0 Å². The summed E-state index contributed by atoms with van der Waals surface area (Å²) in [6.07, 6.45) is -4.06. The molecule has 0 saturated heterocycles. The van der Waals surface area contributed by atoms with Gasteiger partial charge < -0.3 is 4.98 Å². The summed E-state index contributed by atoms with van der Waals surface area (Å²) in [7, 11) is -4.33. The van der Waals surface area contributed by atoms with Crippen molar-refractivity contribution in [3.8, 4) is 11.5 Å². The number of rotatable bonds is 3. The van der Waals surface area contributed by atoms with Gasteiger partial charge in [0.25, 0.3) is 15.6 Å². The minimum Gasteiger partial charge on any atom is -0.352 e. The van der Waals surface area contributed by atoms with Crippen molar-refractivity contribution in [2.75, 3.05) is 4.72 Å². The standard InChI is InChI=1S/C25H17F3N4O3S/c26-25(27,28)14-4-3-5-16(12-14)36(34,35)31-15-8-9-21-19(13-15)24(33)32-11-10-18-17-6-1-2-7-20(17)29-22(18)23(32)30-21/h1-9,12-13,29,31H,10-11H2. The van der Waals surface area contributed by atoms with E-state index in [4.69, 9.17) is 0 Å². The van der Waals surface area contributed by atoms with Crippen molar-refractivity contribution in [2.45, 2.75) is 24.0 Å². The number of hydrogen-bond acceptors (Lipinski definition) is 4. The number of benzene rings is 3. The molecule has 3 heterocycles. The van der Waals surface area contributed by atoms with Gasteiger partial charge in [0.15, 0.2) is 5.82 Å². The molecule has 0 unspecified atom stereocenters. The fourth-order valence-electron chi connectivity index (χ4n) is 4.61. The zero-order valence-electron chi connectivity index (χ0n) is 18.4. The zero-order valence-corrected chi connectivity index (χ0v) is 19.2. The van der Waals surface area contributed by atoms with Gasteiger partial charge in [0.2, 0.25) is 0 Å². The van der Waals surface area contributed by atoms with Crippen LogP contribution in [0.4, 0.5) is 18.9 Å². The van der Waals surface area contributed by atoms with E-state index in [1.54, 1.807) is 4.57 Å². The van der Waals surface area contributed by atoms with Gasteiger partial charge in [-0.05, 0) is 54.4 Å². The number of nitrogens with one attached hydrogen (secondary N) is 2. The second kappa shape index (κ2) is 7.69. The molecule has 0 fully saturated rings. The van der Waals surface area contributed by atoms with E-state index < -0.39 is 26.7 Å². The first-order valence-corrected chi connectivity index (χ1v) is 12.4. The molecule has 1 aliphatic rings. The maximum Gasteiger partial charge on any atom is 0.416 e. The Morgan fingerprint density at radius 3 is 2.58 bits per heavy atom. The monoisotopic (exact) mass is 510 g/mol. The van der Waals surface area contributed by atoms with Gasteiger partial charge in [-0.3, -0.25) is 14.1 Å². The molecule has 3 aromatic carbocycles. The SMILES string of the molecule is O=c1c2cc(NS(=O)(=O)c3cccc(C(F)(F)F)c3)ccc2nc2n1CCc1c-2[nH]c2ccccc12. The third-order valence-electron chi connectivity index (χ3n) is 6.30. The van der Waals surface area contributed by atoms with Crippen LogP contribution in [0.3, 0.4) is 0 Å². The normalized spacial score (nSPS) is 13.5. The smallest absolute Gasteiger partial charge is 0.352 e. The van der Waals surface area contributed by atoms with Crippen molar-refractivity contribution < 1.29 is 21.6 Å². The largest absolute Gasteiger partial charge is 0.416 e. The topological polar surface area (TPSA) is 96.8 Å². The number of hydrogen-bond donors (Lipinski definition) is 2. The number of aromatic amines is 1. The van der Waals surface area contributed by atoms with E-state index in [0.717, 1.165) is 40.4 Å². The van der Waals surface area contributed by atoms with Crippen molar-refractivity contribution in [1.82, 2.24) is 14.5 Å². The molecule has 2 N–H and O–H groups in total. The van der Waals surface area contributed by atoms with Gasteiger partial charge in [0.05, 0.1) is 27.1 Å². The molecule has 0 saturated carbocycles. The van der Waals surface area contributed by atoms with Crippen LogP contribution < -0.4 is 10.3 Å². The van der Waals surface area contributed by atoms with Gasteiger partial charge in [-0.2, -0.15) is 13.2 Å². The Bertz CT molecular complexity index is 1860. The number of aryl methyl sites for hydroxylation is 1. The minimum absolute atomic E-state index is 0.0430. The third-order valence-corrected chi connectivity index (χ3v) is 7.68. The van der Waals surface area contributed by atoms with Gasteiger partial charge in [-0.1, -0.05) is 24.3 Å². The average Bonchev–Trinajstić information content (AvgIpc) is 3.23. The maximum atomic E-state index is 13.3. The highest BCUT2D eigenvalue weighted by Crippen LogP contribution is 2.34. The summed E-state index contributed by atoms with van der Waals surface area (Å²) in [5, 5.41) is 1.27. The number of nitrogens with zero attached hydrogens (tertiary/aromatic N) is 2. The number of aromatic nitrogens is 3. The van der Waals surface area contributed by atoms with E-state index in [1.165, 1.54) is 18.2 Å². The van der Waals surface area contributed by atoms with Crippen LogP contribution in [-0.2, 0) is 29.2 Å². The second-order valence-electron chi connectivity index (χ2n) is 8.53. The molecule has 0 radical (unpaired) electrons. The number of anilines is 1. The van der Waals surface area contributed by atoms with Crippen LogP contribution in [0.2, 0.25) is 0 Å². The summed E-state index contributed by atoms with van der Waals surface area (Å²) in [6, 6.07) is 15.6. The average molecular weight is 510 g/mol. The quantitative estimate of drug-likeness (QED) is 0.360. The molecule has 0 atom stereocenters. The predicted molar refractivity (Wildman–Crippen MR) is 129 cm³/mol. The number of para-hydroxylation sites is 1. The summed E-state index contributed by atoms with van der Waals surface area (Å²) in [4.78, 5) is 20.8. The summed E-state index contributed by atoms with van der Waals surface area (Å²) in [5.74, 6) is 0.502. The van der Waals surface area contributed by atoms with E-state index in [-0.39, 0.29) is 16.6 Å². The number of fused-ring (bicyclic) bond motifs is 6. The first-order valence-electron chi connectivity index (χ1n) is 11.0. The molecule has 6 rings (SSSR count). The summed E-state index contributed by atoms with van der Waals surface area (Å²) >= 11 is 0. The lowest BCUT2D eigenvalue weighted by Crippen LogP contribution is -2.27. The molecule has 0 amide bonds. The Hall–Kier alpha value is -4.12. The Labute approximate surface area is 202 Å². The Morgan fingerprint density at radius 1 is 0.972 bits per heavy atom. The maximum absolute atomic E-state index is 13.3. The predicted octanol–water partition coefficient (Wildman–Crippen LogP) is 4.92. The number of sulfonamides is 1. The number of H-pyrrole nitrogens is 1. The molecule has 182 valence electrons. The van der Waals surface area contributed by atoms with Crippen LogP contribution in [0, 0.1) is 0 Å². The molecule has 11 heteroatoms. The molecule has 2 aromatic heterocycles. The van der Waals surface area contributed by atoms with E-state index >= 15 is 0 Å². The van der Waals surface area contributed by atoms with Gasteiger partial charge >= 0.3 is 6.18 Å². The van der Waals surface area contributed by atoms with E-state index in [9.17, 15) is 26.4 Å². The highest BCUT2D eigenvalue weighted by Gasteiger charge is 2.32. The van der Waals surface area contributed by atoms with E-state index in [0.29, 0.717) is 30.4 Å². The molecule has 7 nitrogen and oxygen atoms in total. The Morgan fingerprint density at radius 2 is 1.78 bits per heavy atom. The number of alkyl halides is 3. The molecular weight excluding hydrogens is 493 g/mol. The van der Waals surface area contributed by atoms with Crippen LogP contribution >= 0.6 is 0 Å². The fourth-order valence-corrected chi connectivity index (χ4v) is 5.71. The van der Waals surface area contributed by atoms with Gasteiger partial charge in [0.1, 0.15) is 0 Å². The molecular formula is C25H17F3N4O3S. The zero-order chi connectivity index (χ0) is 25.2. The molecule has 0 aliphatic carbocycles. The fraction of sp³-hybridized carbons (Fsp3) is 0.120. The third kappa shape index (κ3) is 3.54. The first kappa shape index (κ1) is 22.4. The Kier molecular flexibility index (Phi) is 4.77. The summed E-state index contributed by atoms with van der Waals surface area (Å²) in [6.45, 7) is 0.409. The van der Waals surface area contributed by atoms with Crippen LogP contribution in [0.15, 0.2) is 76.4 Å². The molecule has 0 spiro atoms. The van der Waals surface area contributed by atoms with Crippen molar-refractivity contribution >= 4 is 37.5 Å². The lowest BCUT2D eigenvalue weighted by molar-refractivity contribution is -0.137. The van der Waals surface area contributed by atoms with Crippen LogP contribution in [0.5, 0.6) is 0 Å². The van der Waals surface area contributed by atoms with Crippen molar-refractivity contribution in [2.24, 2.45) is 0 Å². The highest BCUT2D eigenvalue weighted by atomic mass is 32.2.